The van der Waals surface area contributed by atoms with Crippen molar-refractivity contribution in [2.75, 3.05) is 18.8 Å². The van der Waals surface area contributed by atoms with Crippen LogP contribution in [0.25, 0.3) is 16.9 Å². The van der Waals surface area contributed by atoms with Crippen molar-refractivity contribution in [3.8, 4) is 11.3 Å². The molecule has 0 saturated carbocycles. The van der Waals surface area contributed by atoms with E-state index >= 15 is 0 Å². The minimum Gasteiger partial charge on any atom is -0.398 e. The van der Waals surface area contributed by atoms with Gasteiger partial charge in [0.1, 0.15) is 5.65 Å². The minimum absolute atomic E-state index is 0.769. The quantitative estimate of drug-likeness (QED) is 0.723. The average Bonchev–Trinajstić information content (AvgIpc) is 3.05. The molecule has 1 atom stereocenters. The summed E-state index contributed by atoms with van der Waals surface area (Å²) >= 11 is 0. The van der Waals surface area contributed by atoms with Crippen molar-refractivity contribution in [1.29, 1.82) is 0 Å². The Labute approximate surface area is 167 Å². The van der Waals surface area contributed by atoms with Crippen LogP contribution in [-0.4, -0.2) is 27.4 Å². The molecule has 5 rings (SSSR count). The van der Waals surface area contributed by atoms with E-state index in [0.717, 1.165) is 29.5 Å². The zero-order valence-corrected chi connectivity index (χ0v) is 16.8. The van der Waals surface area contributed by atoms with Crippen LogP contribution in [0.4, 0.5) is 5.69 Å². The Morgan fingerprint density at radius 3 is 2.79 bits per heavy atom. The Hall–Kier alpha value is -2.33. The van der Waals surface area contributed by atoms with Crippen LogP contribution in [0, 0.1) is 5.92 Å². The molecule has 2 N–H and O–H groups in total. The lowest BCUT2D eigenvalue weighted by molar-refractivity contribution is 0.174. The Kier molecular flexibility index (Phi) is 4.59. The van der Waals surface area contributed by atoms with Crippen LogP contribution in [0.2, 0.25) is 0 Å². The lowest BCUT2D eigenvalue weighted by Gasteiger charge is -2.30. The molecule has 1 saturated heterocycles. The Morgan fingerprint density at radius 2 is 1.93 bits per heavy atom. The van der Waals surface area contributed by atoms with Gasteiger partial charge in [0.15, 0.2) is 0 Å². The predicted molar refractivity (Wildman–Crippen MR) is 115 cm³/mol. The number of benzene rings is 1. The first-order valence-electron chi connectivity index (χ1n) is 10.8. The number of imidazole rings is 1. The first-order valence-corrected chi connectivity index (χ1v) is 10.8. The summed E-state index contributed by atoms with van der Waals surface area (Å²) in [7, 11) is 0. The number of nitrogens with two attached hydrogens (primary N) is 1. The number of piperidine rings is 1. The fourth-order valence-corrected chi connectivity index (χ4v) is 5.01. The minimum atomic E-state index is 0.769. The summed E-state index contributed by atoms with van der Waals surface area (Å²) < 4.78 is 2.21. The molecule has 1 aliphatic heterocycles. The number of aromatic nitrogens is 2. The predicted octanol–water partition coefficient (Wildman–Crippen LogP) is 4.69. The molecule has 4 nitrogen and oxygen atoms in total. The van der Waals surface area contributed by atoms with Crippen LogP contribution in [0.3, 0.4) is 0 Å². The molecule has 1 fully saturated rings. The summed E-state index contributed by atoms with van der Waals surface area (Å²) in [5.41, 5.74) is 14.6. The Morgan fingerprint density at radius 1 is 1.07 bits per heavy atom. The first-order chi connectivity index (χ1) is 13.7. The summed E-state index contributed by atoms with van der Waals surface area (Å²) in [5.74, 6) is 0.769. The van der Waals surface area contributed by atoms with Crippen molar-refractivity contribution in [3.05, 3.63) is 53.3 Å². The van der Waals surface area contributed by atoms with Crippen molar-refractivity contribution in [2.45, 2.75) is 52.0 Å². The van der Waals surface area contributed by atoms with Crippen LogP contribution < -0.4 is 5.73 Å². The van der Waals surface area contributed by atoms with E-state index in [1.807, 2.05) is 18.3 Å². The van der Waals surface area contributed by atoms with E-state index in [-0.39, 0.29) is 0 Å². The number of nitrogens with zero attached hydrogens (tertiary/aromatic N) is 3. The molecule has 0 amide bonds. The van der Waals surface area contributed by atoms with E-state index in [1.165, 1.54) is 74.0 Å². The van der Waals surface area contributed by atoms with Crippen LogP contribution >= 0.6 is 0 Å². The van der Waals surface area contributed by atoms with Gasteiger partial charge in [0, 0.05) is 30.5 Å². The molecule has 0 spiro atoms. The number of likely N-dealkylation sites (tertiary alicyclic amines) is 1. The van der Waals surface area contributed by atoms with Gasteiger partial charge in [-0.05, 0) is 80.3 Å². The van der Waals surface area contributed by atoms with Gasteiger partial charge in [-0.2, -0.15) is 0 Å². The molecule has 0 radical (unpaired) electrons. The van der Waals surface area contributed by atoms with Crippen molar-refractivity contribution in [3.63, 3.8) is 0 Å². The number of rotatable bonds is 3. The van der Waals surface area contributed by atoms with Crippen LogP contribution in [-0.2, 0) is 19.4 Å². The smallest absolute Gasteiger partial charge is 0.137 e. The molecular weight excluding hydrogens is 344 g/mol. The molecule has 3 aromatic rings. The lowest BCUT2D eigenvalue weighted by atomic mass is 9.89. The highest BCUT2D eigenvalue weighted by Gasteiger charge is 2.22. The van der Waals surface area contributed by atoms with Crippen molar-refractivity contribution >= 4 is 11.3 Å². The number of nitrogen functional groups attached to an aromatic ring is 1. The molecule has 3 heterocycles. The highest BCUT2D eigenvalue weighted by molar-refractivity contribution is 5.68. The first kappa shape index (κ1) is 17.7. The standard InChI is InChI=1S/C24H30N4/c1-17-5-4-12-27(14-17)16-22-24(26-23-11-10-21(25)15-28(22)23)20-9-8-18-6-2-3-7-19(18)13-20/h8-11,13,15,17H,2-7,12,14,16,25H2,1H3. The normalized spacial score (nSPS) is 20.4. The third-order valence-corrected chi connectivity index (χ3v) is 6.48. The lowest BCUT2D eigenvalue weighted by Crippen LogP contribution is -2.34. The molecule has 28 heavy (non-hydrogen) atoms. The molecule has 0 bridgehead atoms. The van der Waals surface area contributed by atoms with Gasteiger partial charge >= 0.3 is 0 Å². The van der Waals surface area contributed by atoms with E-state index in [2.05, 4.69) is 34.4 Å². The fourth-order valence-electron chi connectivity index (χ4n) is 5.01. The summed E-state index contributed by atoms with van der Waals surface area (Å²) in [4.78, 5) is 7.62. The SMILES string of the molecule is CC1CCCN(Cc2c(-c3ccc4c(c3)CCCC4)nc3ccc(N)cn23)C1. The monoisotopic (exact) mass is 374 g/mol. The number of fused-ring (bicyclic) bond motifs is 2. The van der Waals surface area contributed by atoms with Gasteiger partial charge in [0.25, 0.3) is 0 Å². The van der Waals surface area contributed by atoms with Crippen molar-refractivity contribution in [2.24, 2.45) is 5.92 Å². The highest BCUT2D eigenvalue weighted by Crippen LogP contribution is 2.31. The maximum absolute atomic E-state index is 6.12. The molecule has 4 heteroatoms. The number of pyridine rings is 1. The summed E-state index contributed by atoms with van der Waals surface area (Å²) in [5, 5.41) is 0. The van der Waals surface area contributed by atoms with Gasteiger partial charge < -0.3 is 10.1 Å². The van der Waals surface area contributed by atoms with E-state index in [0.29, 0.717) is 0 Å². The van der Waals surface area contributed by atoms with Gasteiger partial charge in [-0.1, -0.05) is 19.1 Å². The van der Waals surface area contributed by atoms with Crippen LogP contribution in [0.1, 0.15) is 49.4 Å². The van der Waals surface area contributed by atoms with Gasteiger partial charge in [0.2, 0.25) is 0 Å². The van der Waals surface area contributed by atoms with E-state index in [1.54, 1.807) is 0 Å². The second kappa shape index (κ2) is 7.25. The second-order valence-electron chi connectivity index (χ2n) is 8.77. The molecule has 146 valence electrons. The zero-order valence-electron chi connectivity index (χ0n) is 16.8. The van der Waals surface area contributed by atoms with E-state index in [4.69, 9.17) is 10.7 Å². The number of anilines is 1. The molecule has 1 unspecified atom stereocenters. The van der Waals surface area contributed by atoms with Gasteiger partial charge in [0.05, 0.1) is 11.4 Å². The molecule has 1 aromatic carbocycles. The maximum Gasteiger partial charge on any atom is 0.137 e. The number of hydrogen-bond donors (Lipinski definition) is 1. The van der Waals surface area contributed by atoms with Gasteiger partial charge in [-0.15, -0.1) is 0 Å². The summed E-state index contributed by atoms with van der Waals surface area (Å²) in [6.07, 6.45) is 9.70. The number of hydrogen-bond acceptors (Lipinski definition) is 3. The molecule has 2 aliphatic rings. The number of aryl methyl sites for hydroxylation is 2. The third-order valence-electron chi connectivity index (χ3n) is 6.48. The maximum atomic E-state index is 6.12. The Bertz CT molecular complexity index is 1000. The molecule has 2 aromatic heterocycles. The second-order valence-corrected chi connectivity index (χ2v) is 8.77. The van der Waals surface area contributed by atoms with Crippen molar-refractivity contribution < 1.29 is 0 Å². The largest absolute Gasteiger partial charge is 0.398 e. The average molecular weight is 375 g/mol. The van der Waals surface area contributed by atoms with Crippen LogP contribution in [0.15, 0.2) is 36.5 Å². The fraction of sp³-hybridized carbons (Fsp3) is 0.458. The van der Waals surface area contributed by atoms with Crippen LogP contribution in [0.5, 0.6) is 0 Å². The Balaban J connectivity index is 1.59. The van der Waals surface area contributed by atoms with Gasteiger partial charge in [-0.25, -0.2) is 4.98 Å². The van der Waals surface area contributed by atoms with Crippen molar-refractivity contribution in [1.82, 2.24) is 14.3 Å². The summed E-state index contributed by atoms with van der Waals surface area (Å²) in [6, 6.07) is 11.0. The van der Waals surface area contributed by atoms with Gasteiger partial charge in [-0.3, -0.25) is 4.90 Å². The molecule has 1 aliphatic carbocycles. The highest BCUT2D eigenvalue weighted by atomic mass is 15.2. The third kappa shape index (κ3) is 3.30. The topological polar surface area (TPSA) is 46.6 Å². The summed E-state index contributed by atoms with van der Waals surface area (Å²) in [6.45, 7) is 5.63. The van der Waals surface area contributed by atoms with E-state index in [9.17, 15) is 0 Å². The zero-order chi connectivity index (χ0) is 19.1. The van der Waals surface area contributed by atoms with E-state index < -0.39 is 0 Å². The molecular formula is C24H30N4.